The number of hydrogen-bond donors (Lipinski definition) is 0. The molecule has 0 unspecified atom stereocenters. The zero-order chi connectivity index (χ0) is 70.2. The molecule has 0 saturated heterocycles. The first-order valence-electron chi connectivity index (χ1n) is 27.6. The third kappa shape index (κ3) is 18.7. The molecule has 0 atom stereocenters. The lowest BCUT2D eigenvalue weighted by Crippen LogP contribution is -2.42. The van der Waals surface area contributed by atoms with E-state index in [0.717, 1.165) is 126 Å². The van der Waals surface area contributed by atoms with Gasteiger partial charge in [0.2, 0.25) is 0 Å². The number of anilines is 6. The maximum atomic E-state index is 11.4. The predicted octanol–water partition coefficient (Wildman–Crippen LogP) is 14.8. The highest BCUT2D eigenvalue weighted by Gasteiger charge is 2.49. The minimum atomic E-state index is -6.72. The molecule has 6 aromatic rings. The molecule has 0 heterocycles. The summed E-state index contributed by atoms with van der Waals surface area (Å²) in [5, 5.41) is 0. The minimum Gasteiger partial charge on any atom is -0.497 e. The second kappa shape index (κ2) is 29.3. The summed E-state index contributed by atoms with van der Waals surface area (Å²) in [5.41, 5.74) is -13.1. The van der Waals surface area contributed by atoms with Crippen molar-refractivity contribution in [3.05, 3.63) is 153 Å². The van der Waals surface area contributed by atoms with Crippen molar-refractivity contribution in [1.29, 1.82) is 0 Å². The molecule has 0 N–H and O–H groups in total. The van der Waals surface area contributed by atoms with Gasteiger partial charge in [0, 0.05) is 39.5 Å². The van der Waals surface area contributed by atoms with E-state index in [1.54, 1.807) is 28.4 Å². The Kier molecular flexibility index (Phi) is 24.1. The summed E-state index contributed by atoms with van der Waals surface area (Å²) in [6.07, 6.45) is 4.28. The van der Waals surface area contributed by atoms with Crippen LogP contribution in [0.25, 0.3) is 19.4 Å². The van der Waals surface area contributed by atoms with E-state index in [1.165, 1.54) is 22.3 Å². The van der Waals surface area contributed by atoms with Gasteiger partial charge in [0.05, 0.1) is 82.8 Å². The Hall–Kier alpha value is -7.08. The number of benzene rings is 6. The minimum absolute atomic E-state index is 0.241. The molecule has 34 heteroatoms. The van der Waals surface area contributed by atoms with Crippen LogP contribution in [-0.2, 0) is 45.5 Å². The van der Waals surface area contributed by atoms with E-state index in [0.29, 0.717) is 0 Å². The van der Waals surface area contributed by atoms with Crippen molar-refractivity contribution in [2.45, 2.75) is 67.0 Å². The van der Waals surface area contributed by atoms with Crippen molar-refractivity contribution in [3.63, 3.8) is 0 Å². The summed E-state index contributed by atoms with van der Waals surface area (Å²) in [6.45, 7) is 9.00. The van der Waals surface area contributed by atoms with E-state index in [1.807, 2.05) is 48.5 Å². The lowest BCUT2D eigenvalue weighted by molar-refractivity contribution is -0.889. The highest BCUT2D eigenvalue weighted by Crippen LogP contribution is 2.57. The molecule has 7 rings (SSSR count). The molecule has 0 aliphatic heterocycles. The SMILES string of the molecule is CC[N+](C)(C)CCCC1(CCC[N+](C)(C)CC)c2cc(N(c3ccc(OC)cc3)c3ccc(OC)cc3)ccc2-c2ccc(N(c3ccc(OC)cc3)c3ccc(OC)cc3)cc21.O=S(=O)([N-]S(=O)(=O)C(F)(F)F)C(F)(F)F.O=S(=O)([N-]S(=O)(=O)C(F)(F)F)C(F)(F)F. The Morgan fingerprint density at radius 3 is 0.785 bits per heavy atom. The molecule has 0 saturated carbocycles. The van der Waals surface area contributed by atoms with E-state index in [4.69, 9.17) is 18.9 Å². The van der Waals surface area contributed by atoms with Crippen molar-refractivity contribution in [3.8, 4) is 34.1 Å². The molecule has 0 aromatic heterocycles. The Labute approximate surface area is 532 Å². The molecule has 6 aromatic carbocycles. The second-order valence-corrected chi connectivity index (χ2v) is 28.8. The van der Waals surface area contributed by atoms with Gasteiger partial charge in [-0.15, -0.1) is 0 Å². The number of alkyl halides is 12. The van der Waals surface area contributed by atoms with E-state index in [-0.39, 0.29) is 5.41 Å². The highest BCUT2D eigenvalue weighted by atomic mass is 32.3. The van der Waals surface area contributed by atoms with Gasteiger partial charge < -0.3 is 46.0 Å². The molecule has 0 fully saturated rings. The number of hydrogen-bond acceptors (Lipinski definition) is 14. The van der Waals surface area contributed by atoms with Gasteiger partial charge in [0.25, 0.3) is 0 Å². The molecule has 0 amide bonds. The summed E-state index contributed by atoms with van der Waals surface area (Å²) >= 11 is 0. The first kappa shape index (κ1) is 76.6. The van der Waals surface area contributed by atoms with E-state index in [9.17, 15) is 86.4 Å². The molecular weight excluding hydrogens is 1340 g/mol. The van der Waals surface area contributed by atoms with Crippen LogP contribution in [0, 0.1) is 0 Å². The highest BCUT2D eigenvalue weighted by molar-refractivity contribution is 8.13. The zero-order valence-electron chi connectivity index (χ0n) is 51.6. The maximum Gasteiger partial charge on any atom is 0.480 e. The summed E-state index contributed by atoms with van der Waals surface area (Å²) < 4.78 is 243. The Bertz CT molecular complexity index is 3540. The van der Waals surface area contributed by atoms with Gasteiger partial charge in [0.1, 0.15) is 23.0 Å². The fourth-order valence-corrected chi connectivity index (χ4v) is 13.0. The summed E-state index contributed by atoms with van der Waals surface area (Å²) in [4.78, 5) is 4.73. The first-order valence-corrected chi connectivity index (χ1v) is 33.4. The number of ether oxygens (including phenoxy) is 4. The molecule has 514 valence electrons. The normalized spacial score (nSPS) is 13.7. The van der Waals surface area contributed by atoms with Crippen LogP contribution in [0.15, 0.2) is 133 Å². The zero-order valence-corrected chi connectivity index (χ0v) is 54.9. The van der Waals surface area contributed by atoms with Crippen LogP contribution >= 0.6 is 0 Å². The molecule has 0 bridgehead atoms. The summed E-state index contributed by atoms with van der Waals surface area (Å²) in [6, 6.07) is 47.9. The average Bonchev–Trinajstić information content (AvgIpc) is 1.57. The predicted molar refractivity (Wildman–Crippen MR) is 328 cm³/mol. The van der Waals surface area contributed by atoms with E-state index < -0.39 is 62.1 Å². The van der Waals surface area contributed by atoms with Gasteiger partial charge in [-0.05, 0) is 183 Å². The molecule has 1 aliphatic rings. The topological polar surface area (TPSA) is 208 Å². The second-order valence-electron chi connectivity index (χ2n) is 22.0. The van der Waals surface area contributed by atoms with Gasteiger partial charge in [-0.2, -0.15) is 52.7 Å². The van der Waals surface area contributed by atoms with Crippen LogP contribution < -0.4 is 28.7 Å². The average molecular weight is 1410 g/mol. The molecule has 0 spiro atoms. The van der Waals surface area contributed by atoms with Crippen LogP contribution in [0.1, 0.15) is 50.7 Å². The third-order valence-electron chi connectivity index (χ3n) is 15.2. The van der Waals surface area contributed by atoms with Crippen LogP contribution in [0.5, 0.6) is 23.0 Å². The van der Waals surface area contributed by atoms with Crippen molar-refractivity contribution in [2.75, 3.05) is 92.6 Å². The Balaban J connectivity index is 0.000000430. The van der Waals surface area contributed by atoms with E-state index >= 15 is 0 Å². The third-order valence-corrected chi connectivity index (χ3v) is 20.7. The van der Waals surface area contributed by atoms with Gasteiger partial charge in [-0.1, -0.05) is 12.1 Å². The van der Waals surface area contributed by atoms with Gasteiger partial charge >= 0.3 is 22.0 Å². The lowest BCUT2D eigenvalue weighted by Gasteiger charge is -2.37. The standard InChI is InChI=1S/C55H68N4O4.2C2F6NO4S2/c1-11-58(3,4)37-13-35-55(36-14-38-59(5,6)12-2)53-39-45(56(41-15-25-47(60-7)26-16-41)42-17-27-48(61-8)28-18-42)23-33-51(53)52-34-24-46(40-54(52)55)57(43-19-29-49(62-9)30-20-43)44-21-31-50(63-10)32-22-44;2*3-1(4,5)14(10,11)9-15(12,13)2(6,7)8/h15-34,39-40H,11-14,35-38H2,1-10H3;;/q+2;2*-1. The van der Waals surface area contributed by atoms with Crippen LogP contribution in [0.4, 0.5) is 86.8 Å². The first-order chi connectivity index (χ1) is 42.8. The van der Waals surface area contributed by atoms with Gasteiger partial charge in [-0.3, -0.25) is 0 Å². The van der Waals surface area contributed by atoms with Crippen molar-refractivity contribution in [1.82, 2.24) is 0 Å². The van der Waals surface area contributed by atoms with Crippen LogP contribution in [-0.4, -0.2) is 147 Å². The lowest BCUT2D eigenvalue weighted by atomic mass is 9.71. The maximum absolute atomic E-state index is 11.4. The molecule has 0 radical (unpaired) electrons. The number of rotatable bonds is 24. The Morgan fingerprint density at radius 2 is 0.591 bits per heavy atom. The smallest absolute Gasteiger partial charge is 0.480 e. The number of halogens is 12. The molecule has 1 aliphatic carbocycles. The van der Waals surface area contributed by atoms with Crippen LogP contribution in [0.2, 0.25) is 0 Å². The number of nitrogens with zero attached hydrogens (tertiary/aromatic N) is 6. The summed E-state index contributed by atoms with van der Waals surface area (Å²) in [7, 11) is -10.6. The number of methoxy groups -OCH3 is 4. The monoisotopic (exact) mass is 1410 g/mol. The molecule has 18 nitrogen and oxygen atoms in total. The number of quaternary nitrogens is 2. The van der Waals surface area contributed by atoms with Crippen molar-refractivity contribution >= 4 is 74.2 Å². The largest absolute Gasteiger partial charge is 0.497 e. The molecular formula is C59H68F12N6O12S4. The summed E-state index contributed by atoms with van der Waals surface area (Å²) in [5.74, 6) is 3.31. The van der Waals surface area contributed by atoms with E-state index in [2.05, 4.69) is 137 Å². The fraction of sp³-hybridized carbons (Fsp3) is 0.390. The van der Waals surface area contributed by atoms with Gasteiger partial charge in [-0.25, -0.2) is 33.7 Å². The van der Waals surface area contributed by atoms with Crippen LogP contribution in [0.3, 0.4) is 0 Å². The van der Waals surface area contributed by atoms with Gasteiger partial charge in [0.15, 0.2) is 40.1 Å². The van der Waals surface area contributed by atoms with Crippen molar-refractivity contribution < 1.29 is 114 Å². The fourth-order valence-electron chi connectivity index (χ4n) is 9.59. The number of sulfonamides is 4. The Morgan fingerprint density at radius 1 is 0.376 bits per heavy atom. The van der Waals surface area contributed by atoms with Crippen molar-refractivity contribution in [2.24, 2.45) is 0 Å². The molecule has 93 heavy (non-hydrogen) atoms. The quantitative estimate of drug-likeness (QED) is 0.0408. The number of fused-ring (bicyclic) bond motifs is 3.